The first kappa shape index (κ1) is 18.6. The number of nitrogens with zero attached hydrogens (tertiary/aromatic N) is 1. The Morgan fingerprint density at radius 1 is 1.15 bits per heavy atom. The number of thioether (sulfide) groups is 1. The van der Waals surface area contributed by atoms with E-state index in [-0.39, 0.29) is 24.8 Å². The van der Waals surface area contributed by atoms with Gasteiger partial charge in [-0.25, -0.2) is 0 Å². The Morgan fingerprint density at radius 3 is 2.58 bits per heavy atom. The summed E-state index contributed by atoms with van der Waals surface area (Å²) in [5, 5.41) is 3.21. The predicted octanol–water partition coefficient (Wildman–Crippen LogP) is 4.57. The highest BCUT2D eigenvalue weighted by Crippen LogP contribution is 2.32. The number of hydrogen-bond donors (Lipinski definition) is 1. The maximum Gasteiger partial charge on any atom is 0.266 e. The molecule has 1 N–H and O–H groups in total. The third-order valence-corrected chi connectivity index (χ3v) is 5.39. The van der Waals surface area contributed by atoms with E-state index in [1.807, 2.05) is 36.4 Å². The van der Waals surface area contributed by atoms with Crippen molar-refractivity contribution in [3.63, 3.8) is 0 Å². The number of benzene rings is 2. The normalized spacial score (nSPS) is 15.6. The van der Waals surface area contributed by atoms with Crippen molar-refractivity contribution >= 4 is 63.5 Å². The number of thiocarbonyl (C=S) groups is 1. The van der Waals surface area contributed by atoms with Gasteiger partial charge in [0.05, 0.1) is 15.6 Å². The Bertz CT molecular complexity index is 884. The number of anilines is 1. The molecule has 0 saturated carbocycles. The van der Waals surface area contributed by atoms with E-state index in [4.69, 9.17) is 23.8 Å². The second-order valence-corrected chi connectivity index (χ2v) is 7.61. The molecule has 1 heterocycles. The average Bonchev–Trinajstić information content (AvgIpc) is 2.89. The van der Waals surface area contributed by atoms with Gasteiger partial charge in [0.1, 0.15) is 4.32 Å². The standard InChI is InChI=1S/C19H15ClN2O2S2/c20-14-8-4-5-9-15(14)21-17(23)10-11-22-18(24)16(26-19(22)25)12-13-6-2-1-3-7-13/h1-9,12H,10-11H2,(H,21,23)/b16-12-. The molecule has 0 aliphatic carbocycles. The number of carbonyl (C=O) groups is 2. The van der Waals surface area contributed by atoms with Crippen molar-refractivity contribution in [3.05, 3.63) is 70.1 Å². The van der Waals surface area contributed by atoms with E-state index in [0.29, 0.717) is 19.9 Å². The number of amides is 2. The zero-order valence-corrected chi connectivity index (χ0v) is 16.0. The van der Waals surface area contributed by atoms with E-state index in [1.54, 1.807) is 24.3 Å². The molecular weight excluding hydrogens is 388 g/mol. The van der Waals surface area contributed by atoms with Gasteiger partial charge in [0.15, 0.2) is 0 Å². The topological polar surface area (TPSA) is 49.4 Å². The zero-order valence-electron chi connectivity index (χ0n) is 13.6. The Morgan fingerprint density at radius 2 is 1.85 bits per heavy atom. The largest absolute Gasteiger partial charge is 0.325 e. The van der Waals surface area contributed by atoms with Gasteiger partial charge in [-0.3, -0.25) is 14.5 Å². The molecule has 132 valence electrons. The van der Waals surface area contributed by atoms with Gasteiger partial charge in [-0.2, -0.15) is 0 Å². The van der Waals surface area contributed by atoms with Gasteiger partial charge in [0.2, 0.25) is 5.91 Å². The number of carbonyl (C=O) groups excluding carboxylic acids is 2. The fraction of sp³-hybridized carbons (Fsp3) is 0.105. The van der Waals surface area contributed by atoms with Crippen LogP contribution < -0.4 is 5.32 Å². The van der Waals surface area contributed by atoms with Crippen LogP contribution in [0, 0.1) is 0 Å². The number of para-hydroxylation sites is 1. The smallest absolute Gasteiger partial charge is 0.266 e. The van der Waals surface area contributed by atoms with Crippen LogP contribution in [0.4, 0.5) is 5.69 Å². The molecule has 4 nitrogen and oxygen atoms in total. The van der Waals surface area contributed by atoms with Gasteiger partial charge < -0.3 is 5.32 Å². The van der Waals surface area contributed by atoms with Crippen LogP contribution in [0.2, 0.25) is 5.02 Å². The van der Waals surface area contributed by atoms with Crippen LogP contribution in [0.5, 0.6) is 0 Å². The maximum absolute atomic E-state index is 12.5. The minimum atomic E-state index is -0.223. The van der Waals surface area contributed by atoms with E-state index in [9.17, 15) is 9.59 Å². The highest BCUT2D eigenvalue weighted by molar-refractivity contribution is 8.26. The fourth-order valence-electron chi connectivity index (χ4n) is 2.38. The van der Waals surface area contributed by atoms with Crippen LogP contribution >= 0.6 is 35.6 Å². The third-order valence-electron chi connectivity index (χ3n) is 3.68. The van der Waals surface area contributed by atoms with Crippen molar-refractivity contribution in [3.8, 4) is 0 Å². The Kier molecular flexibility index (Phi) is 6.08. The summed E-state index contributed by atoms with van der Waals surface area (Å²) in [5.74, 6) is -0.395. The molecule has 2 aromatic rings. The molecule has 3 rings (SSSR count). The number of nitrogens with one attached hydrogen (secondary N) is 1. The first-order chi connectivity index (χ1) is 12.5. The van der Waals surface area contributed by atoms with Crippen LogP contribution in [-0.2, 0) is 9.59 Å². The van der Waals surface area contributed by atoms with Crippen molar-refractivity contribution in [2.45, 2.75) is 6.42 Å². The first-order valence-corrected chi connectivity index (χ1v) is 9.49. The zero-order chi connectivity index (χ0) is 18.5. The summed E-state index contributed by atoms with van der Waals surface area (Å²) in [4.78, 5) is 26.7. The average molecular weight is 403 g/mol. The monoisotopic (exact) mass is 402 g/mol. The molecule has 2 amide bonds. The minimum absolute atomic E-state index is 0.135. The van der Waals surface area contributed by atoms with E-state index >= 15 is 0 Å². The molecule has 1 saturated heterocycles. The molecule has 0 bridgehead atoms. The Labute approximate surface area is 166 Å². The molecule has 0 radical (unpaired) electrons. The lowest BCUT2D eigenvalue weighted by molar-refractivity contribution is -0.122. The van der Waals surface area contributed by atoms with Gasteiger partial charge in [0, 0.05) is 13.0 Å². The van der Waals surface area contributed by atoms with Crippen molar-refractivity contribution in [2.24, 2.45) is 0 Å². The summed E-state index contributed by atoms with van der Waals surface area (Å²) in [6, 6.07) is 16.6. The summed E-state index contributed by atoms with van der Waals surface area (Å²) in [5.41, 5.74) is 1.48. The first-order valence-electron chi connectivity index (χ1n) is 7.89. The van der Waals surface area contributed by atoms with Crippen LogP contribution in [-0.4, -0.2) is 27.6 Å². The molecule has 0 aromatic heterocycles. The van der Waals surface area contributed by atoms with Gasteiger partial charge in [-0.1, -0.05) is 78.0 Å². The molecule has 1 fully saturated rings. The van der Waals surface area contributed by atoms with Gasteiger partial charge in [0.25, 0.3) is 5.91 Å². The lowest BCUT2D eigenvalue weighted by atomic mass is 10.2. The lowest BCUT2D eigenvalue weighted by Gasteiger charge is -2.14. The van der Waals surface area contributed by atoms with Gasteiger partial charge in [-0.05, 0) is 23.8 Å². The molecule has 0 atom stereocenters. The van der Waals surface area contributed by atoms with Crippen molar-refractivity contribution < 1.29 is 9.59 Å². The molecule has 1 aliphatic heterocycles. The second kappa shape index (κ2) is 8.49. The molecule has 0 unspecified atom stereocenters. The summed E-state index contributed by atoms with van der Waals surface area (Å²) in [7, 11) is 0. The van der Waals surface area contributed by atoms with Crippen molar-refractivity contribution in [2.75, 3.05) is 11.9 Å². The summed E-state index contributed by atoms with van der Waals surface area (Å²) in [6.07, 6.45) is 1.94. The van der Waals surface area contributed by atoms with Crippen LogP contribution in [0.25, 0.3) is 6.08 Å². The van der Waals surface area contributed by atoms with Gasteiger partial charge >= 0.3 is 0 Å². The molecule has 0 spiro atoms. The van der Waals surface area contributed by atoms with Crippen molar-refractivity contribution in [1.82, 2.24) is 4.90 Å². The number of hydrogen-bond acceptors (Lipinski definition) is 4. The van der Waals surface area contributed by atoms with E-state index in [0.717, 1.165) is 5.56 Å². The molecular formula is C19H15ClN2O2S2. The van der Waals surface area contributed by atoms with Crippen LogP contribution in [0.1, 0.15) is 12.0 Å². The number of rotatable bonds is 5. The van der Waals surface area contributed by atoms with E-state index < -0.39 is 0 Å². The second-order valence-electron chi connectivity index (χ2n) is 5.52. The van der Waals surface area contributed by atoms with Crippen LogP contribution in [0.3, 0.4) is 0 Å². The lowest BCUT2D eigenvalue weighted by Crippen LogP contribution is -2.31. The third kappa shape index (κ3) is 4.52. The predicted molar refractivity (Wildman–Crippen MR) is 111 cm³/mol. The summed E-state index contributed by atoms with van der Waals surface area (Å²) >= 11 is 12.6. The fourth-order valence-corrected chi connectivity index (χ4v) is 3.87. The minimum Gasteiger partial charge on any atom is -0.325 e. The Balaban J connectivity index is 1.61. The Hall–Kier alpha value is -2.15. The maximum atomic E-state index is 12.5. The molecule has 1 aliphatic rings. The highest BCUT2D eigenvalue weighted by atomic mass is 35.5. The van der Waals surface area contributed by atoms with Crippen LogP contribution in [0.15, 0.2) is 59.5 Å². The highest BCUT2D eigenvalue weighted by Gasteiger charge is 2.32. The van der Waals surface area contributed by atoms with E-state index in [2.05, 4.69) is 5.32 Å². The summed E-state index contributed by atoms with van der Waals surface area (Å²) < 4.78 is 0.461. The van der Waals surface area contributed by atoms with Gasteiger partial charge in [-0.15, -0.1) is 0 Å². The SMILES string of the molecule is O=C(CCN1C(=O)/C(=C/c2ccccc2)SC1=S)Nc1ccccc1Cl. The molecule has 7 heteroatoms. The quantitative estimate of drug-likeness (QED) is 0.588. The number of halogens is 1. The van der Waals surface area contributed by atoms with Crippen molar-refractivity contribution in [1.29, 1.82) is 0 Å². The molecule has 26 heavy (non-hydrogen) atoms. The molecule has 2 aromatic carbocycles. The summed E-state index contributed by atoms with van der Waals surface area (Å²) in [6.45, 7) is 0.229. The van der Waals surface area contributed by atoms with E-state index in [1.165, 1.54) is 16.7 Å².